The van der Waals surface area contributed by atoms with Crippen LogP contribution in [0.1, 0.15) is 175 Å². The van der Waals surface area contributed by atoms with Crippen LogP contribution in [0, 0.1) is 0 Å². The lowest BCUT2D eigenvalue weighted by Gasteiger charge is -2.36. The molecule has 192 valence electrons. The van der Waals surface area contributed by atoms with Crippen molar-refractivity contribution >= 4 is 21.9 Å². The highest BCUT2D eigenvalue weighted by Crippen LogP contribution is 2.50. The van der Waals surface area contributed by atoms with Crippen molar-refractivity contribution in [3.8, 4) is 0 Å². The van der Waals surface area contributed by atoms with Gasteiger partial charge in [0.05, 0.1) is 11.4 Å². The Morgan fingerprint density at radius 1 is 0.703 bits per heavy atom. The molecule has 3 aliphatic carbocycles. The van der Waals surface area contributed by atoms with Gasteiger partial charge in [-0.3, -0.25) is 0 Å². The Bertz CT molecular complexity index is 2660. The van der Waals surface area contributed by atoms with Crippen molar-refractivity contribution in [3.05, 3.63) is 65.0 Å². The fourth-order valence-electron chi connectivity index (χ4n) is 4.59. The highest BCUT2D eigenvalue weighted by Gasteiger charge is 2.37. The van der Waals surface area contributed by atoms with E-state index in [0.29, 0.717) is 0 Å². The van der Waals surface area contributed by atoms with E-state index < -0.39 is 135 Å². The summed E-state index contributed by atoms with van der Waals surface area (Å²) in [5.41, 5.74) is -6.57. The van der Waals surface area contributed by atoms with E-state index in [-0.39, 0.29) is 21.9 Å². The molecule has 0 saturated heterocycles. The van der Waals surface area contributed by atoms with Crippen LogP contribution in [-0.4, -0.2) is 15.4 Å². The Labute approximate surface area is 261 Å². The number of aromatic nitrogens is 3. The molecular formula is C33H39N3O. The summed E-state index contributed by atoms with van der Waals surface area (Å²) in [6.45, 7) is 0. The van der Waals surface area contributed by atoms with Crippen molar-refractivity contribution in [1.82, 2.24) is 15.4 Å². The summed E-state index contributed by atoms with van der Waals surface area (Å²) in [6, 6.07) is 9.19. The van der Waals surface area contributed by atoms with Crippen molar-refractivity contribution in [2.45, 2.75) is 113 Å². The first-order valence-electron chi connectivity index (χ1n) is 26.0. The monoisotopic (exact) mass is 522 g/mol. The van der Waals surface area contributed by atoms with E-state index in [1.54, 1.807) is 0 Å². The molecule has 6 atom stereocenters. The zero-order chi connectivity index (χ0) is 50.6. The number of rotatable bonds is 4. The number of hydrogen-bond acceptors (Lipinski definition) is 4. The van der Waals surface area contributed by atoms with Gasteiger partial charge < -0.3 is 4.42 Å². The normalized spacial score (nSPS) is 64.9. The average Bonchev–Trinajstić information content (AvgIpc) is 3.59. The van der Waals surface area contributed by atoms with Crippen LogP contribution in [0.5, 0.6) is 0 Å². The molecule has 3 aliphatic rings. The summed E-state index contributed by atoms with van der Waals surface area (Å²) < 4.78 is 268. The zero-order valence-electron chi connectivity index (χ0n) is 48.0. The average molecular weight is 523 g/mol. The van der Waals surface area contributed by atoms with Crippen LogP contribution in [0.2, 0.25) is 0 Å². The largest absolute Gasteiger partial charge is 0.456 e. The topological polar surface area (TPSA) is 51.8 Å². The van der Waals surface area contributed by atoms with Gasteiger partial charge in [-0.1, -0.05) is 81.3 Å². The molecule has 4 nitrogen and oxygen atoms in total. The van der Waals surface area contributed by atoms with Crippen molar-refractivity contribution < 1.29 is 44.2 Å². The lowest BCUT2D eigenvalue weighted by Crippen LogP contribution is -2.24. The summed E-state index contributed by atoms with van der Waals surface area (Å²) in [4.78, 5) is 0. The molecule has 0 amide bonds. The van der Waals surface area contributed by atoms with Gasteiger partial charge in [0.15, 0.2) is 0 Å². The first-order valence-corrected chi connectivity index (χ1v) is 11.3. The smallest absolute Gasteiger partial charge is 0.135 e. The van der Waals surface area contributed by atoms with Gasteiger partial charge in [-0.25, -0.2) is 0 Å². The molecule has 0 N–H and O–H groups in total. The zero-order valence-corrected chi connectivity index (χ0v) is 19.0. The SMILES string of the molecule is [2H]C1C([2H])([2H])C([2H])([2H])C([2H])([2H])C([2H])([2H])C1([2H])c1nnnc(C2C([2H])([2H])C([2H])([2H])C([2H])([2H])C([2H])([2H])C2([2H])c2cccc3oc4ccccc4c23)c1C1([2H])C([2H])C([2H])([2H])C([2H])([2H])C([2H])([2H])C1([2H])[2H]. The van der Waals surface area contributed by atoms with E-state index in [0.717, 1.165) is 12.1 Å². The van der Waals surface area contributed by atoms with Crippen molar-refractivity contribution in [3.63, 3.8) is 0 Å². The minimum Gasteiger partial charge on any atom is -0.456 e. The predicted octanol–water partition coefficient (Wildman–Crippen LogP) is 9.31. The highest BCUT2D eigenvalue weighted by atomic mass is 16.3. The Morgan fingerprint density at radius 2 is 1.43 bits per heavy atom. The van der Waals surface area contributed by atoms with Gasteiger partial charge in [-0.15, -0.1) is 10.2 Å². The molecule has 3 saturated carbocycles. The summed E-state index contributed by atoms with van der Waals surface area (Å²) >= 11 is 0. The van der Waals surface area contributed by atoms with E-state index in [9.17, 15) is 13.7 Å². The first-order chi connectivity index (χ1) is 29.4. The number of para-hydroxylation sites is 1. The second-order valence-electron chi connectivity index (χ2n) is 8.20. The van der Waals surface area contributed by atoms with Gasteiger partial charge in [0.25, 0.3) is 0 Å². The fraction of sp³-hybridized carbons (Fsp3) is 0.545. The van der Waals surface area contributed by atoms with E-state index in [2.05, 4.69) is 15.4 Å². The standard InChI is InChI=1S/C33H39N3O/c1-3-12-22(13-4-1)30-32(23-14-5-2-6-15-23)34-36-35-33(30)26-17-8-7-16-24(26)25-19-11-21-29-31(25)27-18-9-10-20-28(27)37-29/h9-11,18-24,26H,1-8,12-17H2/i1D2,2D2,3D2,4D2,5D2,6D2,7D2,8D2,12D,13D2,14D,15D2,16D2,17D2,22D,23D,24D. The van der Waals surface area contributed by atoms with E-state index in [4.69, 9.17) is 30.5 Å². The number of hydrogen-bond donors (Lipinski definition) is 0. The van der Waals surface area contributed by atoms with Gasteiger partial charge in [-0.05, 0) is 73.0 Å². The Morgan fingerprint density at radius 3 is 2.35 bits per heavy atom. The van der Waals surface area contributed by atoms with E-state index >= 15 is 0 Å². The molecule has 6 unspecified atom stereocenters. The maximum atomic E-state index is 10.4. The quantitative estimate of drug-likeness (QED) is 0.268. The van der Waals surface area contributed by atoms with E-state index in [1.165, 1.54) is 30.3 Å². The Balaban J connectivity index is 1.79. The van der Waals surface area contributed by atoms with Crippen molar-refractivity contribution in [1.29, 1.82) is 0 Å². The predicted molar refractivity (Wildman–Crippen MR) is 149 cm³/mol. The maximum Gasteiger partial charge on any atom is 0.135 e. The summed E-state index contributed by atoms with van der Waals surface area (Å²) in [5, 5.41) is 10.4. The van der Waals surface area contributed by atoms with Gasteiger partial charge >= 0.3 is 0 Å². The van der Waals surface area contributed by atoms with Crippen LogP contribution >= 0.6 is 0 Å². The number of nitrogens with zero attached hydrogens (tertiary/aromatic N) is 3. The molecular weight excluding hydrogens is 454 g/mol. The third-order valence-corrected chi connectivity index (χ3v) is 6.14. The minimum atomic E-state index is -4.50. The molecule has 3 fully saturated rings. The molecule has 2 aromatic heterocycles. The fourth-order valence-corrected chi connectivity index (χ4v) is 4.59. The third-order valence-electron chi connectivity index (χ3n) is 6.14. The first kappa shape index (κ1) is 7.90. The number of benzene rings is 2. The van der Waals surface area contributed by atoms with Crippen molar-refractivity contribution in [2.24, 2.45) is 0 Å². The van der Waals surface area contributed by atoms with Crippen LogP contribution in [-0.2, 0) is 0 Å². The molecule has 2 aromatic carbocycles. The molecule has 0 radical (unpaired) electrons. The molecule has 2 heterocycles. The number of fused-ring (bicyclic) bond motifs is 3. The minimum absolute atomic E-state index is 0.0568. The van der Waals surface area contributed by atoms with Gasteiger partial charge in [-0.2, -0.15) is 0 Å². The molecule has 7 rings (SSSR count). The lowest BCUT2D eigenvalue weighted by atomic mass is 9.69. The Hall–Kier alpha value is -2.75. The van der Waals surface area contributed by atoms with E-state index in [1.807, 2.05) is 0 Å². The van der Waals surface area contributed by atoms with Crippen molar-refractivity contribution in [2.75, 3.05) is 0 Å². The maximum absolute atomic E-state index is 10.4. The summed E-state index contributed by atoms with van der Waals surface area (Å²) in [5.74, 6) is -15.9. The molecule has 0 spiro atoms. The highest BCUT2D eigenvalue weighted by molar-refractivity contribution is 6.06. The van der Waals surface area contributed by atoms with Crippen LogP contribution in [0.15, 0.2) is 46.9 Å². The molecule has 0 bridgehead atoms. The summed E-state index contributed by atoms with van der Waals surface area (Å²) in [6.07, 6.45) is -57.5. The van der Waals surface area contributed by atoms with Crippen LogP contribution in [0.3, 0.4) is 0 Å². The third kappa shape index (κ3) is 4.27. The van der Waals surface area contributed by atoms with Crippen LogP contribution < -0.4 is 0 Å². The molecule has 4 heteroatoms. The summed E-state index contributed by atoms with van der Waals surface area (Å²) in [7, 11) is 0. The molecule has 0 aliphatic heterocycles. The second-order valence-corrected chi connectivity index (χ2v) is 8.20. The Kier molecular flexibility index (Phi) is 2.18. The van der Waals surface area contributed by atoms with Crippen LogP contribution in [0.4, 0.5) is 0 Å². The molecule has 4 aromatic rings. The number of furan rings is 1. The van der Waals surface area contributed by atoms with Gasteiger partial charge in [0.2, 0.25) is 0 Å². The second kappa shape index (κ2) is 10.2. The van der Waals surface area contributed by atoms with Gasteiger partial charge in [0, 0.05) is 67.9 Å². The van der Waals surface area contributed by atoms with Crippen LogP contribution in [0.25, 0.3) is 21.9 Å². The molecule has 37 heavy (non-hydrogen) atoms. The van der Waals surface area contributed by atoms with Gasteiger partial charge in [0.1, 0.15) is 11.2 Å². The lowest BCUT2D eigenvalue weighted by molar-refractivity contribution is 0.360.